The molecule has 100 valence electrons. The van der Waals surface area contributed by atoms with Gasteiger partial charge in [0.2, 0.25) is 0 Å². The molecule has 4 saturated carbocycles. The van der Waals surface area contributed by atoms with Crippen LogP contribution in [0.2, 0.25) is 0 Å². The van der Waals surface area contributed by atoms with Gasteiger partial charge >= 0.3 is 0 Å². The number of aliphatic hydroxyl groups is 2. The molecule has 2 N–H and O–H groups in total. The molecule has 3 nitrogen and oxygen atoms in total. The normalized spacial score (nSPS) is 45.4. The van der Waals surface area contributed by atoms with Gasteiger partial charge in [-0.1, -0.05) is 19.9 Å². The fraction of sp³-hybridized carbons (Fsp3) is 0.800. The Morgan fingerprint density at radius 2 is 2.00 bits per heavy atom. The first-order valence-corrected chi connectivity index (χ1v) is 6.94. The Kier molecular flexibility index (Phi) is 2.52. The number of hydrogen-bond donors (Lipinski definition) is 2. The smallest absolute Gasteiger partial charge is 0.158 e. The second-order valence-corrected chi connectivity index (χ2v) is 6.80. The van der Waals surface area contributed by atoms with Crippen molar-refractivity contribution in [1.82, 2.24) is 0 Å². The zero-order chi connectivity index (χ0) is 13.1. The Morgan fingerprint density at radius 1 is 1.33 bits per heavy atom. The van der Waals surface area contributed by atoms with Crippen molar-refractivity contribution in [2.24, 2.45) is 28.6 Å². The maximum atomic E-state index is 11.9. The number of fused-ring (bicyclic) bond motifs is 2. The summed E-state index contributed by atoms with van der Waals surface area (Å²) in [5, 5.41) is 19.6. The van der Waals surface area contributed by atoms with Gasteiger partial charge in [0, 0.05) is 11.8 Å². The van der Waals surface area contributed by atoms with Crippen LogP contribution in [0.1, 0.15) is 32.6 Å². The standard InChI is InChI=1S/C15H22O3/c1-9-11(18)6-10-13-12(9)14(10,2)4-3-5-15(13,7-16)8-17/h10,12-13,16-17H,1,3-8H2,2H3/t10-,12+,13-,14+/m1/s1. The van der Waals surface area contributed by atoms with E-state index in [1.165, 1.54) is 0 Å². The third kappa shape index (κ3) is 1.19. The Balaban J connectivity index is 2.05. The summed E-state index contributed by atoms with van der Waals surface area (Å²) in [6.07, 6.45) is 3.56. The lowest BCUT2D eigenvalue weighted by Gasteiger charge is -2.66. The summed E-state index contributed by atoms with van der Waals surface area (Å²) in [5.41, 5.74) is 0.537. The molecule has 4 rings (SSSR count). The summed E-state index contributed by atoms with van der Waals surface area (Å²) < 4.78 is 0. The van der Waals surface area contributed by atoms with Gasteiger partial charge in [-0.2, -0.15) is 0 Å². The van der Waals surface area contributed by atoms with Gasteiger partial charge in [0.1, 0.15) is 0 Å². The topological polar surface area (TPSA) is 57.5 Å². The van der Waals surface area contributed by atoms with Gasteiger partial charge in [-0.25, -0.2) is 0 Å². The Bertz CT molecular complexity index is 410. The highest BCUT2D eigenvalue weighted by Crippen LogP contribution is 2.72. The summed E-state index contributed by atoms with van der Waals surface area (Å²) in [4.78, 5) is 11.9. The summed E-state index contributed by atoms with van der Waals surface area (Å²) >= 11 is 0. The van der Waals surface area contributed by atoms with Gasteiger partial charge in [0.15, 0.2) is 5.78 Å². The molecule has 0 heterocycles. The van der Waals surface area contributed by atoms with Crippen LogP contribution in [0, 0.1) is 28.6 Å². The van der Waals surface area contributed by atoms with Gasteiger partial charge in [-0.15, -0.1) is 0 Å². The number of Topliss-reactive ketones (excluding diaryl/α,β-unsaturated/α-hetero) is 1. The lowest BCUT2D eigenvalue weighted by molar-refractivity contribution is -0.185. The van der Waals surface area contributed by atoms with E-state index in [0.717, 1.165) is 24.8 Å². The van der Waals surface area contributed by atoms with Crippen molar-refractivity contribution in [1.29, 1.82) is 0 Å². The Hall–Kier alpha value is -0.670. The number of ketones is 1. The molecule has 4 bridgehead atoms. The van der Waals surface area contributed by atoms with Crippen LogP contribution in [0.4, 0.5) is 0 Å². The van der Waals surface area contributed by atoms with Crippen molar-refractivity contribution in [3.05, 3.63) is 12.2 Å². The molecule has 4 atom stereocenters. The van der Waals surface area contributed by atoms with E-state index >= 15 is 0 Å². The van der Waals surface area contributed by atoms with Crippen LogP contribution in [0.15, 0.2) is 12.2 Å². The molecule has 0 aromatic rings. The van der Waals surface area contributed by atoms with Crippen LogP contribution in [0.5, 0.6) is 0 Å². The molecule has 0 saturated heterocycles. The molecule has 0 aliphatic heterocycles. The van der Waals surface area contributed by atoms with Crippen molar-refractivity contribution in [2.75, 3.05) is 13.2 Å². The van der Waals surface area contributed by atoms with Gasteiger partial charge in [0.25, 0.3) is 0 Å². The average Bonchev–Trinajstić information content (AvgIpc) is 2.57. The molecule has 4 fully saturated rings. The van der Waals surface area contributed by atoms with Crippen LogP contribution in [0.25, 0.3) is 0 Å². The van der Waals surface area contributed by atoms with Crippen LogP contribution >= 0.6 is 0 Å². The molecule has 0 spiro atoms. The Morgan fingerprint density at radius 3 is 2.56 bits per heavy atom. The minimum absolute atomic E-state index is 0.0265. The monoisotopic (exact) mass is 250 g/mol. The number of aliphatic hydroxyl groups excluding tert-OH is 2. The van der Waals surface area contributed by atoms with Crippen LogP contribution in [-0.4, -0.2) is 29.2 Å². The number of carbonyl (C=O) groups is 1. The quantitative estimate of drug-likeness (QED) is 0.731. The highest BCUT2D eigenvalue weighted by molar-refractivity contribution is 5.98. The minimum atomic E-state index is -0.394. The first-order chi connectivity index (χ1) is 8.50. The second-order valence-electron chi connectivity index (χ2n) is 6.80. The van der Waals surface area contributed by atoms with E-state index in [1.54, 1.807) is 0 Å². The van der Waals surface area contributed by atoms with Gasteiger partial charge in [-0.05, 0) is 41.6 Å². The fourth-order valence-electron chi connectivity index (χ4n) is 5.17. The van der Waals surface area contributed by atoms with Crippen molar-refractivity contribution in [2.45, 2.75) is 32.6 Å². The largest absolute Gasteiger partial charge is 0.396 e. The maximum Gasteiger partial charge on any atom is 0.158 e. The van der Waals surface area contributed by atoms with Crippen molar-refractivity contribution in [3.63, 3.8) is 0 Å². The minimum Gasteiger partial charge on any atom is -0.396 e. The Labute approximate surface area is 108 Å². The van der Waals surface area contributed by atoms with E-state index < -0.39 is 5.41 Å². The molecular weight excluding hydrogens is 228 g/mol. The third-order valence-corrected chi connectivity index (χ3v) is 6.22. The molecule has 4 aliphatic carbocycles. The summed E-state index contributed by atoms with van der Waals surface area (Å²) in [6.45, 7) is 6.32. The lowest BCUT2D eigenvalue weighted by Crippen LogP contribution is -2.65. The molecule has 0 aromatic carbocycles. The van der Waals surface area contributed by atoms with E-state index in [-0.39, 0.29) is 36.2 Å². The van der Waals surface area contributed by atoms with Crippen molar-refractivity contribution < 1.29 is 15.0 Å². The van der Waals surface area contributed by atoms with Crippen LogP contribution < -0.4 is 0 Å². The predicted molar refractivity (Wildman–Crippen MR) is 67.8 cm³/mol. The second kappa shape index (κ2) is 3.67. The molecule has 0 aromatic heterocycles. The van der Waals surface area contributed by atoms with Crippen LogP contribution in [0.3, 0.4) is 0 Å². The van der Waals surface area contributed by atoms with Gasteiger partial charge in [-0.3, -0.25) is 4.79 Å². The number of hydrogen-bond acceptors (Lipinski definition) is 3. The number of carbonyl (C=O) groups excluding carboxylic acids is 1. The van der Waals surface area contributed by atoms with Crippen molar-refractivity contribution in [3.8, 4) is 0 Å². The molecule has 18 heavy (non-hydrogen) atoms. The summed E-state index contributed by atoms with van der Waals surface area (Å²) in [5.74, 6) is 0.975. The lowest BCUT2D eigenvalue weighted by atomic mass is 9.37. The van der Waals surface area contributed by atoms with Gasteiger partial charge < -0.3 is 10.2 Å². The number of rotatable bonds is 2. The van der Waals surface area contributed by atoms with Crippen molar-refractivity contribution >= 4 is 5.78 Å². The van der Waals surface area contributed by atoms with E-state index in [2.05, 4.69) is 13.5 Å². The van der Waals surface area contributed by atoms with E-state index in [0.29, 0.717) is 12.3 Å². The third-order valence-electron chi connectivity index (χ3n) is 6.22. The first-order valence-electron chi connectivity index (χ1n) is 6.94. The average molecular weight is 250 g/mol. The van der Waals surface area contributed by atoms with E-state index in [9.17, 15) is 15.0 Å². The molecule has 0 radical (unpaired) electrons. The van der Waals surface area contributed by atoms with Crippen LogP contribution in [-0.2, 0) is 4.79 Å². The van der Waals surface area contributed by atoms with E-state index in [1.807, 2.05) is 0 Å². The van der Waals surface area contributed by atoms with Gasteiger partial charge in [0.05, 0.1) is 13.2 Å². The zero-order valence-electron chi connectivity index (χ0n) is 11.0. The molecule has 0 amide bonds. The highest BCUT2D eigenvalue weighted by Gasteiger charge is 2.69. The molecule has 4 aliphatic rings. The number of allylic oxidation sites excluding steroid dienone is 1. The maximum absolute atomic E-state index is 11.9. The molecule has 0 unspecified atom stereocenters. The highest BCUT2D eigenvalue weighted by atomic mass is 16.3. The predicted octanol–water partition coefficient (Wildman–Crippen LogP) is 1.54. The molecule has 3 heteroatoms. The molecular formula is C15H22O3. The summed E-state index contributed by atoms with van der Waals surface area (Å²) in [6, 6.07) is 0. The SMILES string of the molecule is C=C1C(=O)C[C@@H]2[C@@H]3[C@H]1[C@@]2(C)CCCC3(CO)CO. The fourth-order valence-corrected chi connectivity index (χ4v) is 5.17. The van der Waals surface area contributed by atoms with E-state index in [4.69, 9.17) is 0 Å². The summed E-state index contributed by atoms with van der Waals surface area (Å²) in [7, 11) is 0. The zero-order valence-corrected chi connectivity index (χ0v) is 11.0. The first kappa shape index (κ1) is 12.4.